The highest BCUT2D eigenvalue weighted by Gasteiger charge is 2.11. The number of carbonyl (C=O) groups is 2. The second-order valence-corrected chi connectivity index (χ2v) is 6.59. The first-order chi connectivity index (χ1) is 13.0. The van der Waals surface area contributed by atoms with Gasteiger partial charge in [-0.1, -0.05) is 50.2 Å². The lowest BCUT2D eigenvalue weighted by molar-refractivity contribution is -0.118. The summed E-state index contributed by atoms with van der Waals surface area (Å²) in [6.45, 7) is 4.27. The Morgan fingerprint density at radius 3 is 2.52 bits per heavy atom. The lowest BCUT2D eigenvalue weighted by atomic mass is 10.1. The molecule has 3 aromatic rings. The van der Waals surface area contributed by atoms with Gasteiger partial charge in [0.25, 0.3) is 5.91 Å². The minimum Gasteiger partial charge on any atom is -0.326 e. The van der Waals surface area contributed by atoms with Crippen molar-refractivity contribution in [2.24, 2.45) is 5.92 Å². The van der Waals surface area contributed by atoms with Crippen LogP contribution in [0.4, 0.5) is 11.4 Å². The highest BCUT2D eigenvalue weighted by molar-refractivity contribution is 6.05. The van der Waals surface area contributed by atoms with Gasteiger partial charge in [-0.3, -0.25) is 14.3 Å². The lowest BCUT2D eigenvalue weighted by Crippen LogP contribution is -2.18. The molecule has 6 nitrogen and oxygen atoms in total. The maximum absolute atomic E-state index is 12.5. The molecule has 0 aliphatic heterocycles. The van der Waals surface area contributed by atoms with Gasteiger partial charge in [-0.2, -0.15) is 5.10 Å². The third-order valence-electron chi connectivity index (χ3n) is 4.00. The van der Waals surface area contributed by atoms with Crippen molar-refractivity contribution < 1.29 is 9.59 Å². The number of anilines is 2. The summed E-state index contributed by atoms with van der Waals surface area (Å²) in [5, 5.41) is 9.91. The molecule has 6 heteroatoms. The number of aromatic nitrogens is 2. The summed E-state index contributed by atoms with van der Waals surface area (Å²) in [5.41, 5.74) is 2.81. The Balaban J connectivity index is 1.65. The Labute approximate surface area is 158 Å². The van der Waals surface area contributed by atoms with Gasteiger partial charge in [0.2, 0.25) is 5.91 Å². The third-order valence-corrected chi connectivity index (χ3v) is 4.00. The fourth-order valence-electron chi connectivity index (χ4n) is 2.51. The Bertz CT molecular complexity index is 932. The molecule has 2 amide bonds. The van der Waals surface area contributed by atoms with Crippen molar-refractivity contribution >= 4 is 23.2 Å². The Kier molecular flexibility index (Phi) is 5.66. The molecule has 0 aliphatic rings. The molecule has 0 bridgehead atoms. The summed E-state index contributed by atoms with van der Waals surface area (Å²) >= 11 is 0. The zero-order valence-electron chi connectivity index (χ0n) is 15.3. The maximum Gasteiger partial charge on any atom is 0.255 e. The van der Waals surface area contributed by atoms with Crippen molar-refractivity contribution in [2.45, 2.75) is 20.4 Å². The van der Waals surface area contributed by atoms with Crippen LogP contribution in [0.1, 0.15) is 29.8 Å². The number of nitrogens with zero attached hydrogens (tertiary/aromatic N) is 2. The zero-order valence-corrected chi connectivity index (χ0v) is 15.3. The van der Waals surface area contributed by atoms with Gasteiger partial charge in [0.1, 0.15) is 0 Å². The molecule has 0 atom stereocenters. The van der Waals surface area contributed by atoms with Crippen molar-refractivity contribution in [3.63, 3.8) is 0 Å². The highest BCUT2D eigenvalue weighted by atomic mass is 16.2. The number of carbonyl (C=O) groups excluding carboxylic acids is 2. The molecule has 0 fully saturated rings. The van der Waals surface area contributed by atoms with Gasteiger partial charge in [-0.25, -0.2) is 0 Å². The molecule has 0 saturated heterocycles. The fraction of sp³-hybridized carbons (Fsp3) is 0.190. The molecule has 1 heterocycles. The van der Waals surface area contributed by atoms with Crippen LogP contribution in [-0.4, -0.2) is 21.6 Å². The molecule has 0 saturated carbocycles. The van der Waals surface area contributed by atoms with E-state index in [2.05, 4.69) is 15.7 Å². The molecular formula is C21H22N4O2. The number of nitrogens with one attached hydrogen (secondary N) is 2. The second kappa shape index (κ2) is 8.31. The molecule has 3 rings (SSSR count). The average molecular weight is 362 g/mol. The van der Waals surface area contributed by atoms with E-state index < -0.39 is 0 Å². The summed E-state index contributed by atoms with van der Waals surface area (Å²) < 4.78 is 1.77. The molecule has 0 radical (unpaired) electrons. The topological polar surface area (TPSA) is 76.0 Å². The van der Waals surface area contributed by atoms with Crippen LogP contribution in [0.5, 0.6) is 0 Å². The predicted octanol–water partition coefficient (Wildman–Crippen LogP) is 3.78. The van der Waals surface area contributed by atoms with Crippen molar-refractivity contribution in [3.05, 3.63) is 78.1 Å². The van der Waals surface area contributed by atoms with E-state index in [4.69, 9.17) is 0 Å². The first-order valence-electron chi connectivity index (χ1n) is 8.80. The summed E-state index contributed by atoms with van der Waals surface area (Å²) in [6, 6.07) is 16.8. The van der Waals surface area contributed by atoms with Crippen LogP contribution in [0, 0.1) is 5.92 Å². The minimum absolute atomic E-state index is 0.0882. The van der Waals surface area contributed by atoms with E-state index >= 15 is 0 Å². The Hall–Kier alpha value is -3.41. The van der Waals surface area contributed by atoms with Crippen molar-refractivity contribution in [1.29, 1.82) is 0 Å². The number of hydrogen-bond donors (Lipinski definition) is 2. The molecule has 2 aromatic carbocycles. The first kappa shape index (κ1) is 18.4. The lowest BCUT2D eigenvalue weighted by Gasteiger charge is -2.09. The monoisotopic (exact) mass is 362 g/mol. The molecule has 138 valence electrons. The smallest absolute Gasteiger partial charge is 0.255 e. The molecular weight excluding hydrogens is 340 g/mol. The minimum atomic E-state index is -0.255. The molecule has 0 unspecified atom stereocenters. The number of hydrogen-bond acceptors (Lipinski definition) is 3. The average Bonchev–Trinajstić information content (AvgIpc) is 3.09. The van der Waals surface area contributed by atoms with E-state index in [9.17, 15) is 9.59 Å². The van der Waals surface area contributed by atoms with Gasteiger partial charge in [0.15, 0.2) is 0 Å². The Morgan fingerprint density at radius 1 is 1.00 bits per heavy atom. The SMILES string of the molecule is CC(C)C(=O)Nc1cccc(C(=O)Nc2cnn(Cc3ccccc3)c2)c1. The predicted molar refractivity (Wildman–Crippen MR) is 106 cm³/mol. The molecule has 27 heavy (non-hydrogen) atoms. The highest BCUT2D eigenvalue weighted by Crippen LogP contribution is 2.15. The summed E-state index contributed by atoms with van der Waals surface area (Å²) in [5.74, 6) is -0.470. The normalized spacial score (nSPS) is 10.6. The van der Waals surface area contributed by atoms with Crippen LogP contribution in [0.2, 0.25) is 0 Å². The van der Waals surface area contributed by atoms with E-state index in [-0.39, 0.29) is 17.7 Å². The van der Waals surface area contributed by atoms with Crippen LogP contribution < -0.4 is 10.6 Å². The van der Waals surface area contributed by atoms with Gasteiger partial charge < -0.3 is 10.6 Å². The Morgan fingerprint density at radius 2 is 1.78 bits per heavy atom. The van der Waals surface area contributed by atoms with Crippen molar-refractivity contribution in [2.75, 3.05) is 10.6 Å². The van der Waals surface area contributed by atoms with E-state index in [0.717, 1.165) is 5.56 Å². The van der Waals surface area contributed by atoms with Crippen LogP contribution >= 0.6 is 0 Å². The molecule has 0 spiro atoms. The molecule has 0 aliphatic carbocycles. The van der Waals surface area contributed by atoms with Crippen LogP contribution in [0.25, 0.3) is 0 Å². The summed E-state index contributed by atoms with van der Waals surface area (Å²) in [7, 11) is 0. The fourth-order valence-corrected chi connectivity index (χ4v) is 2.51. The van der Waals surface area contributed by atoms with E-state index in [1.165, 1.54) is 0 Å². The largest absolute Gasteiger partial charge is 0.326 e. The third kappa shape index (κ3) is 5.04. The zero-order chi connectivity index (χ0) is 19.2. The van der Waals surface area contributed by atoms with Crippen LogP contribution in [0.3, 0.4) is 0 Å². The van der Waals surface area contributed by atoms with Crippen LogP contribution in [-0.2, 0) is 11.3 Å². The number of amides is 2. The van der Waals surface area contributed by atoms with Gasteiger partial charge in [0, 0.05) is 23.4 Å². The van der Waals surface area contributed by atoms with Crippen molar-refractivity contribution in [3.8, 4) is 0 Å². The van der Waals surface area contributed by atoms with E-state index in [1.807, 2.05) is 44.2 Å². The summed E-state index contributed by atoms with van der Waals surface area (Å²) in [6.07, 6.45) is 3.40. The van der Waals surface area contributed by atoms with Gasteiger partial charge in [-0.05, 0) is 23.8 Å². The van der Waals surface area contributed by atoms with Crippen molar-refractivity contribution in [1.82, 2.24) is 9.78 Å². The number of rotatable bonds is 6. The van der Waals surface area contributed by atoms with Gasteiger partial charge in [-0.15, -0.1) is 0 Å². The van der Waals surface area contributed by atoms with E-state index in [0.29, 0.717) is 23.5 Å². The van der Waals surface area contributed by atoms with Crippen LogP contribution in [0.15, 0.2) is 67.0 Å². The first-order valence-corrected chi connectivity index (χ1v) is 8.80. The quantitative estimate of drug-likeness (QED) is 0.701. The van der Waals surface area contributed by atoms with Gasteiger partial charge >= 0.3 is 0 Å². The number of benzene rings is 2. The molecule has 2 N–H and O–H groups in total. The summed E-state index contributed by atoms with van der Waals surface area (Å²) in [4.78, 5) is 24.3. The molecule has 1 aromatic heterocycles. The maximum atomic E-state index is 12.5. The van der Waals surface area contributed by atoms with Gasteiger partial charge in [0.05, 0.1) is 18.4 Å². The standard InChI is InChI=1S/C21H22N4O2/c1-15(2)20(26)23-18-10-6-9-17(11-18)21(27)24-19-12-22-25(14-19)13-16-7-4-3-5-8-16/h3-12,14-15H,13H2,1-2H3,(H,23,26)(H,24,27). The second-order valence-electron chi connectivity index (χ2n) is 6.59. The van der Waals surface area contributed by atoms with E-state index in [1.54, 1.807) is 41.3 Å².